The monoisotopic (exact) mass is 342 g/mol. The molecule has 138 valence electrons. The molecule has 0 spiro atoms. The van der Waals surface area contributed by atoms with Crippen molar-refractivity contribution in [2.75, 3.05) is 7.11 Å². The molecule has 4 bridgehead atoms. The van der Waals surface area contributed by atoms with Crippen LogP contribution in [-0.4, -0.2) is 13.4 Å². The van der Waals surface area contributed by atoms with Crippen LogP contribution in [0.3, 0.4) is 0 Å². The standard InChI is InChI=1S/C23H34O2/c1-5-16(2)19-6-8-20(9-7-19)25-21(24-4)23-13-17-10-18(14-23)12-22(3,11-17)15-23/h6-9,16-18,21H,5,10-15H2,1-4H3. The van der Waals surface area contributed by atoms with Gasteiger partial charge in [0.2, 0.25) is 6.29 Å². The van der Waals surface area contributed by atoms with Crippen molar-refractivity contribution in [3.63, 3.8) is 0 Å². The Morgan fingerprint density at radius 2 is 1.72 bits per heavy atom. The van der Waals surface area contributed by atoms with E-state index in [0.29, 0.717) is 11.3 Å². The third kappa shape index (κ3) is 3.12. The van der Waals surface area contributed by atoms with Crippen LogP contribution in [0, 0.1) is 22.7 Å². The first-order chi connectivity index (χ1) is 12.0. The summed E-state index contributed by atoms with van der Waals surface area (Å²) in [6, 6.07) is 8.71. The third-order valence-corrected chi connectivity index (χ3v) is 7.42. The first-order valence-electron chi connectivity index (χ1n) is 10.2. The minimum absolute atomic E-state index is 0.104. The fourth-order valence-corrected chi connectivity index (χ4v) is 6.73. The van der Waals surface area contributed by atoms with E-state index in [1.165, 1.54) is 50.5 Å². The van der Waals surface area contributed by atoms with Crippen LogP contribution in [0.4, 0.5) is 0 Å². The van der Waals surface area contributed by atoms with E-state index in [1.807, 2.05) is 7.11 Å². The van der Waals surface area contributed by atoms with E-state index in [0.717, 1.165) is 17.6 Å². The minimum Gasteiger partial charge on any atom is -0.464 e. The van der Waals surface area contributed by atoms with E-state index in [9.17, 15) is 0 Å². The molecule has 0 aromatic heterocycles. The van der Waals surface area contributed by atoms with Gasteiger partial charge in [0.15, 0.2) is 0 Å². The molecule has 4 saturated carbocycles. The van der Waals surface area contributed by atoms with Crippen molar-refractivity contribution in [3.8, 4) is 5.75 Å². The average molecular weight is 343 g/mol. The van der Waals surface area contributed by atoms with E-state index in [1.54, 1.807) is 0 Å². The maximum atomic E-state index is 6.44. The van der Waals surface area contributed by atoms with E-state index >= 15 is 0 Å². The van der Waals surface area contributed by atoms with Crippen molar-refractivity contribution in [2.24, 2.45) is 22.7 Å². The van der Waals surface area contributed by atoms with Crippen LogP contribution in [0.5, 0.6) is 5.75 Å². The average Bonchev–Trinajstić information content (AvgIpc) is 2.57. The summed E-state index contributed by atoms with van der Waals surface area (Å²) < 4.78 is 12.4. The summed E-state index contributed by atoms with van der Waals surface area (Å²) >= 11 is 0. The van der Waals surface area contributed by atoms with Crippen LogP contribution in [0.15, 0.2) is 24.3 Å². The van der Waals surface area contributed by atoms with E-state index in [-0.39, 0.29) is 11.7 Å². The van der Waals surface area contributed by atoms with Gasteiger partial charge in [-0.3, -0.25) is 0 Å². The Hall–Kier alpha value is -1.02. The Morgan fingerprint density at radius 1 is 1.08 bits per heavy atom. The molecule has 0 radical (unpaired) electrons. The molecule has 0 aliphatic heterocycles. The van der Waals surface area contributed by atoms with Gasteiger partial charge in [0.25, 0.3) is 0 Å². The Kier molecular flexibility index (Phi) is 4.38. The second-order valence-electron chi connectivity index (χ2n) is 9.70. The van der Waals surface area contributed by atoms with Crippen molar-refractivity contribution < 1.29 is 9.47 Å². The number of hydrogen-bond acceptors (Lipinski definition) is 2. The second-order valence-corrected chi connectivity index (χ2v) is 9.70. The number of hydrogen-bond donors (Lipinski definition) is 0. The normalized spacial score (nSPS) is 38.6. The molecular formula is C23H34O2. The minimum atomic E-state index is -0.104. The molecule has 5 rings (SSSR count). The Morgan fingerprint density at radius 3 is 2.24 bits per heavy atom. The number of rotatable bonds is 6. The van der Waals surface area contributed by atoms with E-state index < -0.39 is 0 Å². The quantitative estimate of drug-likeness (QED) is 0.577. The zero-order valence-electron chi connectivity index (χ0n) is 16.4. The molecule has 2 heteroatoms. The molecule has 4 aliphatic carbocycles. The van der Waals surface area contributed by atoms with Crippen LogP contribution < -0.4 is 4.74 Å². The molecule has 0 saturated heterocycles. The van der Waals surface area contributed by atoms with Gasteiger partial charge < -0.3 is 9.47 Å². The Bertz CT molecular complexity index is 591. The first kappa shape index (κ1) is 17.4. The van der Waals surface area contributed by atoms with Gasteiger partial charge in [0.05, 0.1) is 0 Å². The lowest BCUT2D eigenvalue weighted by molar-refractivity contribution is -0.221. The highest BCUT2D eigenvalue weighted by atomic mass is 16.7. The molecule has 0 amide bonds. The van der Waals surface area contributed by atoms with Crippen molar-refractivity contribution >= 4 is 0 Å². The smallest absolute Gasteiger partial charge is 0.205 e. The maximum Gasteiger partial charge on any atom is 0.205 e. The molecule has 4 unspecified atom stereocenters. The largest absolute Gasteiger partial charge is 0.464 e. The van der Waals surface area contributed by atoms with Crippen LogP contribution in [-0.2, 0) is 4.74 Å². The lowest BCUT2D eigenvalue weighted by atomic mass is 9.44. The van der Waals surface area contributed by atoms with Crippen LogP contribution in [0.2, 0.25) is 0 Å². The molecule has 2 nitrogen and oxygen atoms in total. The van der Waals surface area contributed by atoms with Gasteiger partial charge in [0, 0.05) is 12.5 Å². The summed E-state index contributed by atoms with van der Waals surface area (Å²) in [7, 11) is 1.83. The molecule has 1 aromatic rings. The van der Waals surface area contributed by atoms with Crippen molar-refractivity contribution in [1.29, 1.82) is 0 Å². The summed E-state index contributed by atoms with van der Waals surface area (Å²) in [6.45, 7) is 7.03. The highest BCUT2D eigenvalue weighted by Gasteiger charge is 2.59. The maximum absolute atomic E-state index is 6.44. The topological polar surface area (TPSA) is 18.5 Å². The second kappa shape index (κ2) is 6.30. The molecule has 4 aliphatic rings. The van der Waals surface area contributed by atoms with Gasteiger partial charge in [-0.2, -0.15) is 0 Å². The van der Waals surface area contributed by atoms with Crippen molar-refractivity contribution in [1.82, 2.24) is 0 Å². The zero-order valence-corrected chi connectivity index (χ0v) is 16.4. The Labute approximate surface area is 153 Å². The first-order valence-corrected chi connectivity index (χ1v) is 10.2. The van der Waals surface area contributed by atoms with E-state index in [2.05, 4.69) is 45.0 Å². The van der Waals surface area contributed by atoms with Gasteiger partial charge in [-0.05, 0) is 85.8 Å². The third-order valence-electron chi connectivity index (χ3n) is 7.42. The lowest BCUT2D eigenvalue weighted by Gasteiger charge is -2.62. The number of ether oxygens (including phenoxy) is 2. The molecule has 4 fully saturated rings. The fraction of sp³-hybridized carbons (Fsp3) is 0.739. The van der Waals surface area contributed by atoms with E-state index in [4.69, 9.17) is 9.47 Å². The molecular weight excluding hydrogens is 308 g/mol. The van der Waals surface area contributed by atoms with Gasteiger partial charge >= 0.3 is 0 Å². The number of methoxy groups -OCH3 is 1. The summed E-state index contributed by atoms with van der Waals surface area (Å²) in [5.41, 5.74) is 2.14. The van der Waals surface area contributed by atoms with Gasteiger partial charge in [-0.25, -0.2) is 0 Å². The highest BCUT2D eigenvalue weighted by molar-refractivity contribution is 5.29. The SMILES string of the molecule is CCC(C)c1ccc(OC(OC)C23CC4CC(CC(C)(C4)C2)C3)cc1. The van der Waals surface area contributed by atoms with Crippen LogP contribution >= 0.6 is 0 Å². The molecule has 0 N–H and O–H groups in total. The summed E-state index contributed by atoms with van der Waals surface area (Å²) in [4.78, 5) is 0. The molecule has 25 heavy (non-hydrogen) atoms. The predicted octanol–water partition coefficient (Wildman–Crippen LogP) is 6.16. The summed E-state index contributed by atoms with van der Waals surface area (Å²) in [5, 5.41) is 0. The van der Waals surface area contributed by atoms with Crippen LogP contribution in [0.1, 0.15) is 77.2 Å². The van der Waals surface area contributed by atoms with Crippen molar-refractivity contribution in [3.05, 3.63) is 29.8 Å². The molecule has 0 heterocycles. The van der Waals surface area contributed by atoms with Crippen LogP contribution in [0.25, 0.3) is 0 Å². The highest BCUT2D eigenvalue weighted by Crippen LogP contribution is 2.66. The number of benzene rings is 1. The zero-order chi connectivity index (χ0) is 17.7. The molecule has 4 atom stereocenters. The predicted molar refractivity (Wildman–Crippen MR) is 102 cm³/mol. The van der Waals surface area contributed by atoms with Gasteiger partial charge in [-0.1, -0.05) is 32.9 Å². The summed E-state index contributed by atoms with van der Waals surface area (Å²) in [5.74, 6) is 3.34. The Balaban J connectivity index is 1.53. The van der Waals surface area contributed by atoms with Gasteiger partial charge in [-0.15, -0.1) is 0 Å². The lowest BCUT2D eigenvalue weighted by Crippen LogP contribution is -2.57. The fourth-order valence-electron chi connectivity index (χ4n) is 6.73. The van der Waals surface area contributed by atoms with Crippen molar-refractivity contribution in [2.45, 2.75) is 77.9 Å². The summed E-state index contributed by atoms with van der Waals surface area (Å²) in [6.07, 6.45) is 9.22. The molecule has 1 aromatic carbocycles. The van der Waals surface area contributed by atoms with Gasteiger partial charge in [0.1, 0.15) is 5.75 Å².